The summed E-state index contributed by atoms with van der Waals surface area (Å²) in [7, 11) is 1.64. The normalized spacial score (nSPS) is 12.8. The van der Waals surface area contributed by atoms with Gasteiger partial charge in [-0.2, -0.15) is 0 Å². The molecule has 1 unspecified atom stereocenters. The highest BCUT2D eigenvalue weighted by Gasteiger charge is 2.22. The Balaban J connectivity index is 2.84. The fraction of sp³-hybridized carbons (Fsp3) is 0.650. The first-order valence-corrected chi connectivity index (χ1v) is 9.41. The Morgan fingerprint density at radius 1 is 1.25 bits per heavy atom. The van der Waals surface area contributed by atoms with Gasteiger partial charge in [0.1, 0.15) is 5.75 Å². The first-order valence-electron chi connectivity index (χ1n) is 9.04. The molecule has 0 spiro atoms. The second-order valence-corrected chi connectivity index (χ2v) is 7.36. The number of amides is 1. The molecule has 24 heavy (non-hydrogen) atoms. The van der Waals surface area contributed by atoms with Crippen molar-refractivity contribution in [1.82, 2.24) is 5.32 Å². The van der Waals surface area contributed by atoms with Gasteiger partial charge in [0.25, 0.3) is 5.91 Å². The number of ether oxygens (including phenoxy) is 1. The number of hydrogen-bond donors (Lipinski definition) is 1. The summed E-state index contributed by atoms with van der Waals surface area (Å²) in [6.07, 6.45) is 5.69. The van der Waals surface area contributed by atoms with Gasteiger partial charge in [-0.25, -0.2) is 0 Å². The van der Waals surface area contributed by atoms with Crippen molar-refractivity contribution in [3.05, 3.63) is 28.8 Å². The monoisotopic (exact) mass is 353 g/mol. The Kier molecular flexibility index (Phi) is 8.61. The predicted octanol–water partition coefficient (Wildman–Crippen LogP) is 5.49. The molecule has 0 aliphatic heterocycles. The van der Waals surface area contributed by atoms with Crippen molar-refractivity contribution in [1.29, 1.82) is 0 Å². The zero-order valence-corrected chi connectivity index (χ0v) is 16.5. The van der Waals surface area contributed by atoms with E-state index >= 15 is 0 Å². The van der Waals surface area contributed by atoms with Crippen LogP contribution in [0.2, 0.25) is 5.02 Å². The van der Waals surface area contributed by atoms with Gasteiger partial charge in [0.15, 0.2) is 6.10 Å². The number of rotatable bonds is 10. The Labute approximate surface area is 152 Å². The molecule has 0 aliphatic carbocycles. The summed E-state index contributed by atoms with van der Waals surface area (Å²) in [6, 6.07) is 5.89. The van der Waals surface area contributed by atoms with Crippen LogP contribution in [0.5, 0.6) is 5.75 Å². The third-order valence-corrected chi connectivity index (χ3v) is 5.02. The van der Waals surface area contributed by atoms with E-state index in [9.17, 15) is 4.79 Å². The molecule has 0 aromatic heterocycles. The summed E-state index contributed by atoms with van der Waals surface area (Å²) in [5.74, 6) is 0.483. The topological polar surface area (TPSA) is 38.3 Å². The number of halogens is 1. The molecule has 4 heteroatoms. The van der Waals surface area contributed by atoms with Crippen LogP contribution in [0.15, 0.2) is 18.2 Å². The molecule has 0 fully saturated rings. The summed E-state index contributed by atoms with van der Waals surface area (Å²) >= 11 is 6.41. The lowest BCUT2D eigenvalue weighted by Crippen LogP contribution is -2.36. The Bertz CT molecular complexity index is 528. The van der Waals surface area contributed by atoms with Gasteiger partial charge in [-0.1, -0.05) is 64.6 Å². The van der Waals surface area contributed by atoms with Gasteiger partial charge in [0.05, 0.1) is 5.02 Å². The molecule has 1 amide bonds. The Hall–Kier alpha value is -1.22. The first-order chi connectivity index (χ1) is 11.4. The first kappa shape index (κ1) is 20.8. The molecule has 1 rings (SSSR count). The van der Waals surface area contributed by atoms with Crippen LogP contribution >= 0.6 is 11.6 Å². The van der Waals surface area contributed by atoms with E-state index in [2.05, 4.69) is 33.0 Å². The summed E-state index contributed by atoms with van der Waals surface area (Å²) in [5, 5.41) is 3.25. The van der Waals surface area contributed by atoms with E-state index in [1.54, 1.807) is 7.05 Å². The van der Waals surface area contributed by atoms with Gasteiger partial charge < -0.3 is 10.1 Å². The molecule has 0 saturated carbocycles. The van der Waals surface area contributed by atoms with Crippen LogP contribution in [-0.4, -0.2) is 19.1 Å². The van der Waals surface area contributed by atoms with Gasteiger partial charge >= 0.3 is 0 Å². The minimum atomic E-state index is -0.491. The Morgan fingerprint density at radius 2 is 1.96 bits per heavy atom. The van der Waals surface area contributed by atoms with Crippen LogP contribution in [-0.2, 0) is 10.2 Å². The summed E-state index contributed by atoms with van der Waals surface area (Å²) in [5.41, 5.74) is 1.25. The number of hydrogen-bond acceptors (Lipinski definition) is 2. The summed E-state index contributed by atoms with van der Waals surface area (Å²) in [6.45, 7) is 8.72. The van der Waals surface area contributed by atoms with Crippen molar-refractivity contribution in [2.75, 3.05) is 7.05 Å². The zero-order valence-electron chi connectivity index (χ0n) is 15.7. The summed E-state index contributed by atoms with van der Waals surface area (Å²) < 4.78 is 5.94. The van der Waals surface area contributed by atoms with E-state index in [0.29, 0.717) is 17.2 Å². The number of carbonyl (C=O) groups is 1. The Morgan fingerprint density at radius 3 is 2.50 bits per heavy atom. The molecule has 0 aliphatic rings. The van der Waals surface area contributed by atoms with Crippen LogP contribution in [0, 0.1) is 0 Å². The second kappa shape index (κ2) is 9.93. The fourth-order valence-electron chi connectivity index (χ4n) is 2.54. The van der Waals surface area contributed by atoms with Crippen molar-refractivity contribution in [2.24, 2.45) is 0 Å². The van der Waals surface area contributed by atoms with Crippen molar-refractivity contribution in [3.63, 3.8) is 0 Å². The van der Waals surface area contributed by atoms with Gasteiger partial charge in [-0.15, -0.1) is 0 Å². The average Bonchev–Trinajstić information content (AvgIpc) is 2.58. The number of nitrogens with one attached hydrogen (secondary N) is 1. The molecule has 1 N–H and O–H groups in total. The number of unbranched alkanes of at least 4 members (excludes halogenated alkanes) is 3. The number of likely N-dealkylation sites (N-methyl/N-ethyl adjacent to an activating group) is 1. The maximum Gasteiger partial charge on any atom is 0.260 e. The maximum atomic E-state index is 12.1. The van der Waals surface area contributed by atoms with Crippen LogP contribution in [0.3, 0.4) is 0 Å². The number of carbonyl (C=O) groups excluding carboxylic acids is 1. The molecule has 0 radical (unpaired) electrons. The van der Waals surface area contributed by atoms with Crippen LogP contribution in [0.4, 0.5) is 0 Å². The number of benzene rings is 1. The molecule has 0 saturated heterocycles. The fourth-order valence-corrected chi connectivity index (χ4v) is 2.76. The molecular formula is C20H32ClNO2. The smallest absolute Gasteiger partial charge is 0.260 e. The molecule has 0 heterocycles. The highest BCUT2D eigenvalue weighted by Crippen LogP contribution is 2.34. The van der Waals surface area contributed by atoms with Crippen molar-refractivity contribution in [3.8, 4) is 5.75 Å². The lowest BCUT2D eigenvalue weighted by molar-refractivity contribution is -0.127. The predicted molar refractivity (Wildman–Crippen MR) is 102 cm³/mol. The van der Waals surface area contributed by atoms with Crippen molar-refractivity contribution >= 4 is 17.5 Å². The summed E-state index contributed by atoms with van der Waals surface area (Å²) in [4.78, 5) is 12.1. The maximum absolute atomic E-state index is 12.1. The van der Waals surface area contributed by atoms with Gasteiger partial charge in [-0.3, -0.25) is 4.79 Å². The van der Waals surface area contributed by atoms with E-state index in [4.69, 9.17) is 16.3 Å². The standard InChI is InChI=1S/C20H32ClNO2/c1-6-8-9-10-11-18(19(23)22-5)24-17-13-12-15(14-16(17)21)20(3,4)7-2/h12-14,18H,6-11H2,1-5H3,(H,22,23). The van der Waals surface area contributed by atoms with E-state index in [0.717, 1.165) is 19.3 Å². The molecule has 3 nitrogen and oxygen atoms in total. The molecule has 136 valence electrons. The van der Waals surface area contributed by atoms with Gasteiger partial charge in [0.2, 0.25) is 0 Å². The molecule has 0 bridgehead atoms. The minimum absolute atomic E-state index is 0.0719. The quantitative estimate of drug-likeness (QED) is 0.564. The third-order valence-electron chi connectivity index (χ3n) is 4.73. The molecule has 1 atom stereocenters. The second-order valence-electron chi connectivity index (χ2n) is 6.95. The van der Waals surface area contributed by atoms with E-state index < -0.39 is 6.10 Å². The molecule has 1 aromatic rings. The highest BCUT2D eigenvalue weighted by atomic mass is 35.5. The highest BCUT2D eigenvalue weighted by molar-refractivity contribution is 6.32. The van der Waals surface area contributed by atoms with E-state index in [-0.39, 0.29) is 11.3 Å². The van der Waals surface area contributed by atoms with Crippen LogP contribution in [0.1, 0.15) is 71.8 Å². The minimum Gasteiger partial charge on any atom is -0.479 e. The van der Waals surface area contributed by atoms with Gasteiger partial charge in [0, 0.05) is 7.05 Å². The SMILES string of the molecule is CCCCCCC(Oc1ccc(C(C)(C)CC)cc1Cl)C(=O)NC. The average molecular weight is 354 g/mol. The van der Waals surface area contributed by atoms with Crippen LogP contribution < -0.4 is 10.1 Å². The van der Waals surface area contributed by atoms with Crippen molar-refractivity contribution < 1.29 is 9.53 Å². The van der Waals surface area contributed by atoms with E-state index in [1.807, 2.05) is 18.2 Å². The largest absolute Gasteiger partial charge is 0.479 e. The molecular weight excluding hydrogens is 322 g/mol. The molecule has 1 aromatic carbocycles. The lowest BCUT2D eigenvalue weighted by atomic mass is 9.82. The van der Waals surface area contributed by atoms with Crippen molar-refractivity contribution in [2.45, 2.75) is 77.7 Å². The zero-order chi connectivity index (χ0) is 18.2. The lowest BCUT2D eigenvalue weighted by Gasteiger charge is -2.25. The van der Waals surface area contributed by atoms with Gasteiger partial charge in [-0.05, 0) is 42.4 Å². The van der Waals surface area contributed by atoms with Crippen LogP contribution in [0.25, 0.3) is 0 Å². The van der Waals surface area contributed by atoms with E-state index in [1.165, 1.54) is 18.4 Å². The third kappa shape index (κ3) is 6.01.